The first-order valence-corrected chi connectivity index (χ1v) is 7.92. The van der Waals surface area contributed by atoms with Gasteiger partial charge < -0.3 is 9.64 Å². The fourth-order valence-corrected chi connectivity index (χ4v) is 3.04. The van der Waals surface area contributed by atoms with E-state index in [4.69, 9.17) is 16.3 Å². The van der Waals surface area contributed by atoms with Crippen LogP contribution in [0.25, 0.3) is 0 Å². The molecule has 1 heterocycles. The van der Waals surface area contributed by atoms with E-state index in [0.29, 0.717) is 10.9 Å². The van der Waals surface area contributed by atoms with Gasteiger partial charge in [0.2, 0.25) is 0 Å². The number of halogens is 1. The van der Waals surface area contributed by atoms with Crippen LogP contribution in [0, 0.1) is 17.0 Å². The van der Waals surface area contributed by atoms with Crippen molar-refractivity contribution >= 4 is 34.5 Å². The number of amides is 1. The minimum absolute atomic E-state index is 0.0934. The number of carbonyl (C=O) groups excluding carboxylic acids is 1. The summed E-state index contributed by atoms with van der Waals surface area (Å²) >= 11 is 7.25. The Morgan fingerprint density at radius 2 is 2.13 bits per heavy atom. The van der Waals surface area contributed by atoms with Crippen molar-refractivity contribution in [3.63, 3.8) is 0 Å². The maximum absolute atomic E-state index is 12.1. The Morgan fingerprint density at radius 1 is 1.39 bits per heavy atom. The predicted molar refractivity (Wildman–Crippen MR) is 89.1 cm³/mol. The van der Waals surface area contributed by atoms with E-state index < -0.39 is 4.92 Å². The zero-order chi connectivity index (χ0) is 17.0. The lowest BCUT2D eigenvalue weighted by molar-refractivity contribution is -0.385. The van der Waals surface area contributed by atoms with Gasteiger partial charge in [0.25, 0.3) is 5.91 Å². The first kappa shape index (κ1) is 17.2. The predicted octanol–water partition coefficient (Wildman–Crippen LogP) is 3.66. The van der Waals surface area contributed by atoms with Crippen molar-refractivity contribution in [2.75, 3.05) is 13.7 Å². The van der Waals surface area contributed by atoms with Gasteiger partial charge in [-0.1, -0.05) is 17.7 Å². The number of nitro benzene ring substituents is 1. The second kappa shape index (κ2) is 7.43. The van der Waals surface area contributed by atoms with Crippen LogP contribution in [0.4, 0.5) is 5.69 Å². The summed E-state index contributed by atoms with van der Waals surface area (Å²) in [7, 11) is 1.64. The second-order valence-electron chi connectivity index (χ2n) is 4.97. The van der Waals surface area contributed by atoms with Gasteiger partial charge in [0.05, 0.1) is 15.8 Å². The highest BCUT2D eigenvalue weighted by Crippen LogP contribution is 2.28. The van der Waals surface area contributed by atoms with Crippen LogP contribution in [0.5, 0.6) is 5.75 Å². The monoisotopic (exact) mass is 354 g/mol. The SMILES string of the molecule is Cc1ccc([N+](=O)[O-])c(OCC(=O)N(C)Cc2ccc(Cl)s2)c1. The van der Waals surface area contributed by atoms with E-state index in [1.165, 1.54) is 22.3 Å². The molecular formula is C15H15ClN2O4S. The van der Waals surface area contributed by atoms with Gasteiger partial charge in [-0.05, 0) is 30.7 Å². The number of nitrogens with zero attached hydrogens (tertiary/aromatic N) is 2. The molecule has 0 radical (unpaired) electrons. The molecule has 0 saturated carbocycles. The highest BCUT2D eigenvalue weighted by Gasteiger charge is 2.17. The molecular weight excluding hydrogens is 340 g/mol. The molecule has 6 nitrogen and oxygen atoms in total. The first-order chi connectivity index (χ1) is 10.9. The topological polar surface area (TPSA) is 72.7 Å². The summed E-state index contributed by atoms with van der Waals surface area (Å²) in [6.07, 6.45) is 0. The van der Waals surface area contributed by atoms with Gasteiger partial charge in [0.1, 0.15) is 0 Å². The lowest BCUT2D eigenvalue weighted by atomic mass is 10.2. The van der Waals surface area contributed by atoms with Crippen molar-refractivity contribution in [2.45, 2.75) is 13.5 Å². The molecule has 0 fully saturated rings. The third-order valence-corrected chi connectivity index (χ3v) is 4.33. The standard InChI is InChI=1S/C15H15ClN2O4S/c1-10-3-5-12(18(20)21)13(7-10)22-9-15(19)17(2)8-11-4-6-14(16)23-11/h3-7H,8-9H2,1-2H3. The molecule has 0 saturated heterocycles. The Kier molecular flexibility index (Phi) is 5.57. The molecule has 1 amide bonds. The fraction of sp³-hybridized carbons (Fsp3) is 0.267. The Hall–Kier alpha value is -2.12. The molecule has 8 heteroatoms. The molecule has 1 aromatic heterocycles. The lowest BCUT2D eigenvalue weighted by Gasteiger charge is -2.16. The van der Waals surface area contributed by atoms with E-state index >= 15 is 0 Å². The lowest BCUT2D eigenvalue weighted by Crippen LogP contribution is -2.30. The van der Waals surface area contributed by atoms with Gasteiger partial charge in [-0.3, -0.25) is 14.9 Å². The average molecular weight is 355 g/mol. The number of hydrogen-bond acceptors (Lipinski definition) is 5. The molecule has 23 heavy (non-hydrogen) atoms. The highest BCUT2D eigenvalue weighted by molar-refractivity contribution is 7.16. The van der Waals surface area contributed by atoms with Crippen molar-refractivity contribution in [1.29, 1.82) is 0 Å². The molecule has 122 valence electrons. The molecule has 0 aliphatic rings. The molecule has 0 spiro atoms. The molecule has 0 aliphatic carbocycles. The van der Waals surface area contributed by atoms with Crippen molar-refractivity contribution in [3.8, 4) is 5.75 Å². The molecule has 2 aromatic rings. The Labute approximate surface area is 142 Å². The number of carbonyl (C=O) groups is 1. The third-order valence-electron chi connectivity index (χ3n) is 3.11. The first-order valence-electron chi connectivity index (χ1n) is 6.73. The molecule has 2 rings (SSSR count). The summed E-state index contributed by atoms with van der Waals surface area (Å²) in [5.41, 5.74) is 0.663. The zero-order valence-electron chi connectivity index (χ0n) is 12.6. The van der Waals surface area contributed by atoms with E-state index in [1.807, 2.05) is 6.07 Å². The van der Waals surface area contributed by atoms with Gasteiger partial charge in [0.15, 0.2) is 12.4 Å². The Balaban J connectivity index is 1.98. The van der Waals surface area contributed by atoms with Gasteiger partial charge in [0, 0.05) is 18.0 Å². The van der Waals surface area contributed by atoms with E-state index in [1.54, 1.807) is 32.2 Å². The summed E-state index contributed by atoms with van der Waals surface area (Å²) < 4.78 is 6.01. The summed E-state index contributed by atoms with van der Waals surface area (Å²) in [6.45, 7) is 1.94. The molecule has 0 atom stereocenters. The van der Waals surface area contributed by atoms with Crippen LogP contribution in [0.15, 0.2) is 30.3 Å². The van der Waals surface area contributed by atoms with E-state index in [0.717, 1.165) is 10.4 Å². The number of thiophene rings is 1. The van der Waals surface area contributed by atoms with Gasteiger partial charge >= 0.3 is 5.69 Å². The number of hydrogen-bond donors (Lipinski definition) is 0. The van der Waals surface area contributed by atoms with Gasteiger partial charge in [-0.15, -0.1) is 11.3 Å². The number of benzene rings is 1. The zero-order valence-corrected chi connectivity index (χ0v) is 14.2. The number of nitro groups is 1. The molecule has 0 N–H and O–H groups in total. The Bertz CT molecular complexity index is 732. The summed E-state index contributed by atoms with van der Waals surface area (Å²) in [4.78, 5) is 25.0. The van der Waals surface area contributed by atoms with E-state index in [2.05, 4.69) is 0 Å². The maximum atomic E-state index is 12.1. The normalized spacial score (nSPS) is 10.4. The van der Waals surface area contributed by atoms with Crippen LogP contribution in [-0.4, -0.2) is 29.4 Å². The minimum atomic E-state index is -0.531. The number of aryl methyl sites for hydroxylation is 1. The summed E-state index contributed by atoms with van der Waals surface area (Å²) in [5, 5.41) is 11.0. The van der Waals surface area contributed by atoms with Gasteiger partial charge in [-0.25, -0.2) is 0 Å². The smallest absolute Gasteiger partial charge is 0.310 e. The second-order valence-corrected chi connectivity index (χ2v) is 6.77. The van der Waals surface area contributed by atoms with E-state index in [-0.39, 0.29) is 24.0 Å². The Morgan fingerprint density at radius 3 is 2.74 bits per heavy atom. The van der Waals surface area contributed by atoms with E-state index in [9.17, 15) is 14.9 Å². The largest absolute Gasteiger partial charge is 0.477 e. The van der Waals surface area contributed by atoms with Crippen LogP contribution in [-0.2, 0) is 11.3 Å². The average Bonchev–Trinajstić information content (AvgIpc) is 2.89. The van der Waals surface area contributed by atoms with Crippen LogP contribution >= 0.6 is 22.9 Å². The molecule has 0 unspecified atom stereocenters. The third kappa shape index (κ3) is 4.67. The quantitative estimate of drug-likeness (QED) is 0.586. The maximum Gasteiger partial charge on any atom is 0.310 e. The molecule has 1 aromatic carbocycles. The van der Waals surface area contributed by atoms with Crippen molar-refractivity contribution in [2.24, 2.45) is 0 Å². The van der Waals surface area contributed by atoms with Crippen LogP contribution in [0.3, 0.4) is 0 Å². The number of rotatable bonds is 6. The molecule has 0 aliphatic heterocycles. The minimum Gasteiger partial charge on any atom is -0.477 e. The fourth-order valence-electron chi connectivity index (χ4n) is 1.90. The number of likely N-dealkylation sites (N-methyl/N-ethyl adjacent to an activating group) is 1. The van der Waals surface area contributed by atoms with Crippen LogP contribution in [0.1, 0.15) is 10.4 Å². The summed E-state index contributed by atoms with van der Waals surface area (Å²) in [6, 6.07) is 8.16. The molecule has 0 bridgehead atoms. The highest BCUT2D eigenvalue weighted by atomic mass is 35.5. The van der Waals surface area contributed by atoms with Crippen molar-refractivity contribution in [1.82, 2.24) is 4.90 Å². The summed E-state index contributed by atoms with van der Waals surface area (Å²) in [5.74, 6) is -0.179. The number of ether oxygens (including phenoxy) is 1. The van der Waals surface area contributed by atoms with Crippen LogP contribution < -0.4 is 4.74 Å². The van der Waals surface area contributed by atoms with Crippen molar-refractivity contribution in [3.05, 3.63) is 55.2 Å². The van der Waals surface area contributed by atoms with Gasteiger partial charge in [-0.2, -0.15) is 0 Å². The van der Waals surface area contributed by atoms with Crippen LogP contribution in [0.2, 0.25) is 4.34 Å². The van der Waals surface area contributed by atoms with Crippen molar-refractivity contribution < 1.29 is 14.5 Å².